The maximum absolute atomic E-state index is 15.2. The van der Waals surface area contributed by atoms with Gasteiger partial charge in [-0.15, -0.1) is 0 Å². The second kappa shape index (κ2) is 11.9. The van der Waals surface area contributed by atoms with E-state index in [0.717, 1.165) is 0 Å². The fraction of sp³-hybridized carbons (Fsp3) is 0.481. The molecule has 36 heavy (non-hydrogen) atoms. The van der Waals surface area contributed by atoms with Gasteiger partial charge in [-0.25, -0.2) is 8.78 Å². The number of carbonyl (C=O) groups is 2. The fourth-order valence-corrected chi connectivity index (χ4v) is 4.58. The van der Waals surface area contributed by atoms with Gasteiger partial charge in [0, 0.05) is 44.6 Å². The van der Waals surface area contributed by atoms with Gasteiger partial charge in [0.05, 0.1) is 36.5 Å². The number of carbonyl (C=O) groups excluding carboxylic acids is 2. The molecule has 9 heteroatoms. The predicted octanol–water partition coefficient (Wildman–Crippen LogP) is 3.37. The molecule has 2 aromatic carbocycles. The maximum atomic E-state index is 15.2. The Bertz CT molecular complexity index is 1120. The van der Waals surface area contributed by atoms with E-state index in [9.17, 15) is 19.1 Å². The second-order valence-corrected chi connectivity index (χ2v) is 9.03. The molecular weight excluding hydrogens is 472 g/mol. The van der Waals surface area contributed by atoms with Gasteiger partial charge < -0.3 is 24.6 Å². The quantitative estimate of drug-likeness (QED) is 0.382. The highest BCUT2D eigenvalue weighted by Crippen LogP contribution is 2.35. The van der Waals surface area contributed by atoms with E-state index in [1.807, 2.05) is 6.92 Å². The Hall–Kier alpha value is -2.88. The number of amides is 1. The van der Waals surface area contributed by atoms with E-state index < -0.39 is 29.7 Å². The van der Waals surface area contributed by atoms with E-state index in [-0.39, 0.29) is 43.0 Å². The minimum Gasteiger partial charge on any atom is -0.493 e. The summed E-state index contributed by atoms with van der Waals surface area (Å²) in [5.41, 5.74) is 1.30. The van der Waals surface area contributed by atoms with Crippen molar-refractivity contribution < 1.29 is 37.7 Å². The smallest absolute Gasteiger partial charge is 0.254 e. The average Bonchev–Trinajstić information content (AvgIpc) is 3.36. The molecule has 0 radical (unpaired) electrons. The van der Waals surface area contributed by atoms with Gasteiger partial charge in [-0.3, -0.25) is 9.59 Å². The number of halogens is 2. The highest BCUT2D eigenvalue weighted by Gasteiger charge is 2.30. The normalized spacial score (nSPS) is 19.0. The van der Waals surface area contributed by atoms with Gasteiger partial charge >= 0.3 is 0 Å². The first-order valence-electron chi connectivity index (χ1n) is 12.3. The number of ether oxygens (including phenoxy) is 3. The Kier molecular flexibility index (Phi) is 8.66. The number of hydrogen-bond donors (Lipinski definition) is 2. The van der Waals surface area contributed by atoms with E-state index in [4.69, 9.17) is 14.2 Å². The second-order valence-electron chi connectivity index (χ2n) is 9.03. The number of ketones is 1. The number of nitrogens with one attached hydrogen (secondary N) is 1. The van der Waals surface area contributed by atoms with Crippen molar-refractivity contribution in [3.05, 3.63) is 63.7 Å². The molecular formula is C27H31F2NO6. The van der Waals surface area contributed by atoms with Crippen LogP contribution in [0.2, 0.25) is 0 Å². The van der Waals surface area contributed by atoms with Crippen LogP contribution in [-0.4, -0.2) is 62.0 Å². The lowest BCUT2D eigenvalue weighted by molar-refractivity contribution is -0.0261. The highest BCUT2D eigenvalue weighted by atomic mass is 19.1. The van der Waals surface area contributed by atoms with Crippen molar-refractivity contribution in [2.75, 3.05) is 33.0 Å². The van der Waals surface area contributed by atoms with Crippen LogP contribution in [0.15, 0.2) is 24.3 Å². The number of hydrogen-bond acceptors (Lipinski definition) is 6. The van der Waals surface area contributed by atoms with Crippen molar-refractivity contribution in [3.63, 3.8) is 0 Å². The lowest BCUT2D eigenvalue weighted by Gasteiger charge is -2.28. The zero-order valence-electron chi connectivity index (χ0n) is 20.3. The minimum absolute atomic E-state index is 0.0194. The largest absolute Gasteiger partial charge is 0.493 e. The van der Waals surface area contributed by atoms with Crippen LogP contribution in [0, 0.1) is 11.6 Å². The summed E-state index contributed by atoms with van der Waals surface area (Å²) in [7, 11) is 0. The number of aliphatic hydroxyl groups is 1. The van der Waals surface area contributed by atoms with E-state index in [0.29, 0.717) is 61.5 Å². The molecule has 1 fully saturated rings. The first kappa shape index (κ1) is 26.2. The monoisotopic (exact) mass is 503 g/mol. The summed E-state index contributed by atoms with van der Waals surface area (Å²) in [5.74, 6) is -1.83. The van der Waals surface area contributed by atoms with Gasteiger partial charge in [0.15, 0.2) is 5.78 Å². The van der Waals surface area contributed by atoms with Crippen LogP contribution in [0.3, 0.4) is 0 Å². The van der Waals surface area contributed by atoms with E-state index in [2.05, 4.69) is 5.32 Å². The Morgan fingerprint density at radius 3 is 2.78 bits per heavy atom. The molecule has 0 unspecified atom stereocenters. The van der Waals surface area contributed by atoms with Crippen LogP contribution in [0.1, 0.15) is 63.6 Å². The van der Waals surface area contributed by atoms with Gasteiger partial charge in [0.2, 0.25) is 0 Å². The summed E-state index contributed by atoms with van der Waals surface area (Å²) < 4.78 is 46.1. The third kappa shape index (κ3) is 5.91. The Labute approximate surface area is 208 Å². The lowest BCUT2D eigenvalue weighted by Crippen LogP contribution is -2.48. The average molecular weight is 504 g/mol. The first-order valence-corrected chi connectivity index (χ1v) is 12.3. The summed E-state index contributed by atoms with van der Waals surface area (Å²) in [5, 5.41) is 12.8. The third-order valence-corrected chi connectivity index (χ3v) is 6.50. The molecule has 2 N–H and O–H groups in total. The van der Waals surface area contributed by atoms with Gasteiger partial charge in [-0.1, -0.05) is 6.07 Å². The third-order valence-electron chi connectivity index (χ3n) is 6.50. The zero-order chi connectivity index (χ0) is 25.7. The van der Waals surface area contributed by atoms with Crippen LogP contribution in [0.5, 0.6) is 5.75 Å². The summed E-state index contributed by atoms with van der Waals surface area (Å²) in [6.45, 7) is 3.66. The number of fused-ring (bicyclic) bond motifs is 1. The molecule has 0 saturated carbocycles. The van der Waals surface area contributed by atoms with Crippen LogP contribution in [0.25, 0.3) is 0 Å². The van der Waals surface area contributed by atoms with E-state index in [1.54, 1.807) is 6.07 Å². The van der Waals surface area contributed by atoms with Crippen molar-refractivity contribution in [1.29, 1.82) is 0 Å². The summed E-state index contributed by atoms with van der Waals surface area (Å²) in [4.78, 5) is 25.3. The van der Waals surface area contributed by atoms with E-state index >= 15 is 4.39 Å². The Morgan fingerprint density at radius 1 is 1.19 bits per heavy atom. The molecule has 0 aromatic heterocycles. The van der Waals surface area contributed by atoms with Crippen LogP contribution >= 0.6 is 0 Å². The van der Waals surface area contributed by atoms with Crippen molar-refractivity contribution in [2.24, 2.45) is 0 Å². The molecule has 7 nitrogen and oxygen atoms in total. The number of Topliss-reactive ketones (excluding diaryl/α,β-unsaturated/α-hetero) is 1. The standard InChI is InChI=1S/C27H31F2NO6/c1-2-34-9-3-4-23(31)18-6-5-16(13-21(18)28)12-17-14-20(25(29)19-7-11-36-26(17)19)27(33)30-22-8-10-35-15-24(22)32/h5-6,13-14,22,24,32H,2-4,7-12,15H2,1H3,(H,30,33)/t22-,24-/m0/s1. The van der Waals surface area contributed by atoms with E-state index in [1.165, 1.54) is 18.2 Å². The number of rotatable bonds is 10. The number of benzene rings is 2. The van der Waals surface area contributed by atoms with Crippen LogP contribution < -0.4 is 10.1 Å². The molecule has 4 rings (SSSR count). The van der Waals surface area contributed by atoms with Crippen molar-refractivity contribution in [2.45, 2.75) is 51.2 Å². The van der Waals surface area contributed by atoms with Gasteiger partial charge in [0.1, 0.15) is 17.4 Å². The van der Waals surface area contributed by atoms with Gasteiger partial charge in [-0.2, -0.15) is 0 Å². The first-order chi connectivity index (χ1) is 17.4. The molecule has 1 saturated heterocycles. The zero-order valence-corrected chi connectivity index (χ0v) is 20.3. The summed E-state index contributed by atoms with van der Waals surface area (Å²) in [6.07, 6.45) is 0.771. The highest BCUT2D eigenvalue weighted by molar-refractivity contribution is 5.96. The molecule has 0 spiro atoms. The topological polar surface area (TPSA) is 94.1 Å². The predicted molar refractivity (Wildman–Crippen MR) is 128 cm³/mol. The van der Waals surface area contributed by atoms with Crippen LogP contribution in [-0.2, 0) is 22.3 Å². The van der Waals surface area contributed by atoms with Crippen molar-refractivity contribution in [3.8, 4) is 5.75 Å². The minimum atomic E-state index is -0.869. The summed E-state index contributed by atoms with van der Waals surface area (Å²) >= 11 is 0. The van der Waals surface area contributed by atoms with Gasteiger partial charge in [0.25, 0.3) is 5.91 Å². The molecule has 194 valence electrons. The Morgan fingerprint density at radius 2 is 2.03 bits per heavy atom. The molecule has 2 aliphatic rings. The van der Waals surface area contributed by atoms with Crippen LogP contribution in [0.4, 0.5) is 8.78 Å². The molecule has 0 aliphatic carbocycles. The fourth-order valence-electron chi connectivity index (χ4n) is 4.58. The molecule has 1 amide bonds. The van der Waals surface area contributed by atoms with Crippen molar-refractivity contribution >= 4 is 11.7 Å². The molecule has 0 bridgehead atoms. The SMILES string of the molecule is CCOCCCC(=O)c1ccc(Cc2cc(C(=O)N[C@H]3CCOC[C@@H]3O)c(F)c3c2OCC3)cc1F. The maximum Gasteiger partial charge on any atom is 0.254 e. The lowest BCUT2D eigenvalue weighted by atomic mass is 9.95. The van der Waals surface area contributed by atoms with Gasteiger partial charge in [-0.05, 0) is 49.1 Å². The Balaban J connectivity index is 1.53. The number of aliphatic hydroxyl groups excluding tert-OH is 1. The molecule has 2 atom stereocenters. The summed E-state index contributed by atoms with van der Waals surface area (Å²) in [6, 6.07) is 5.29. The molecule has 2 heterocycles. The molecule has 2 aliphatic heterocycles. The molecule has 2 aromatic rings. The van der Waals surface area contributed by atoms with Crippen molar-refractivity contribution in [1.82, 2.24) is 5.32 Å².